The zero-order valence-electron chi connectivity index (χ0n) is 12.6. The number of hydrogen-bond acceptors (Lipinski definition) is 2. The van der Waals surface area contributed by atoms with Crippen LogP contribution in [0, 0.1) is 0 Å². The van der Waals surface area contributed by atoms with Gasteiger partial charge in [0.25, 0.3) is 0 Å². The SMILES string of the molecule is CCC(C)Oc1ccc(NC(=O)Nc2ccc(Cl)cc2)cc1. The lowest BCUT2D eigenvalue weighted by Crippen LogP contribution is -2.19. The van der Waals surface area contributed by atoms with Gasteiger partial charge in [0.15, 0.2) is 0 Å². The molecule has 0 fully saturated rings. The number of rotatable bonds is 5. The Bertz CT molecular complexity index is 612. The van der Waals surface area contributed by atoms with Crippen molar-refractivity contribution in [3.63, 3.8) is 0 Å². The molecule has 0 aromatic heterocycles. The van der Waals surface area contributed by atoms with Gasteiger partial charge in [-0.2, -0.15) is 0 Å². The second-order valence-corrected chi connectivity index (χ2v) is 5.38. The van der Waals surface area contributed by atoms with Gasteiger partial charge in [-0.15, -0.1) is 0 Å². The first kappa shape index (κ1) is 16.2. The predicted octanol–water partition coefficient (Wildman–Crippen LogP) is 5.16. The fourth-order valence-corrected chi connectivity index (χ4v) is 1.89. The van der Waals surface area contributed by atoms with Crippen molar-refractivity contribution in [2.45, 2.75) is 26.4 Å². The smallest absolute Gasteiger partial charge is 0.323 e. The molecule has 0 aliphatic carbocycles. The minimum atomic E-state index is -0.307. The fraction of sp³-hybridized carbons (Fsp3) is 0.235. The van der Waals surface area contributed by atoms with Gasteiger partial charge in [0.2, 0.25) is 0 Å². The van der Waals surface area contributed by atoms with Gasteiger partial charge in [0.1, 0.15) is 5.75 Å². The summed E-state index contributed by atoms with van der Waals surface area (Å²) < 4.78 is 5.69. The molecule has 2 rings (SSSR count). The molecule has 0 aliphatic heterocycles. The van der Waals surface area contributed by atoms with Gasteiger partial charge < -0.3 is 15.4 Å². The average molecular weight is 319 g/mol. The number of halogens is 1. The monoisotopic (exact) mass is 318 g/mol. The molecular formula is C17H19ClN2O2. The molecule has 4 nitrogen and oxygen atoms in total. The van der Waals surface area contributed by atoms with Gasteiger partial charge in [0, 0.05) is 16.4 Å². The number of benzene rings is 2. The van der Waals surface area contributed by atoms with E-state index < -0.39 is 0 Å². The van der Waals surface area contributed by atoms with Crippen LogP contribution in [0.25, 0.3) is 0 Å². The highest BCUT2D eigenvalue weighted by atomic mass is 35.5. The van der Waals surface area contributed by atoms with Crippen LogP contribution >= 0.6 is 11.6 Å². The molecule has 5 heteroatoms. The highest BCUT2D eigenvalue weighted by Crippen LogP contribution is 2.18. The maximum absolute atomic E-state index is 11.9. The van der Waals surface area contributed by atoms with E-state index >= 15 is 0 Å². The molecule has 22 heavy (non-hydrogen) atoms. The molecule has 0 spiro atoms. The van der Waals surface area contributed by atoms with Crippen molar-refractivity contribution in [2.24, 2.45) is 0 Å². The van der Waals surface area contributed by atoms with E-state index in [0.29, 0.717) is 16.4 Å². The van der Waals surface area contributed by atoms with E-state index in [-0.39, 0.29) is 12.1 Å². The normalized spacial score (nSPS) is 11.6. The summed E-state index contributed by atoms with van der Waals surface area (Å²) >= 11 is 5.80. The quantitative estimate of drug-likeness (QED) is 0.799. The lowest BCUT2D eigenvalue weighted by molar-refractivity contribution is 0.217. The summed E-state index contributed by atoms with van der Waals surface area (Å²) in [6, 6.07) is 13.9. The van der Waals surface area contributed by atoms with Crippen molar-refractivity contribution in [1.82, 2.24) is 0 Å². The van der Waals surface area contributed by atoms with Crippen molar-refractivity contribution in [2.75, 3.05) is 10.6 Å². The minimum Gasteiger partial charge on any atom is -0.491 e. The van der Waals surface area contributed by atoms with Gasteiger partial charge >= 0.3 is 6.03 Å². The van der Waals surface area contributed by atoms with Crippen LogP contribution < -0.4 is 15.4 Å². The molecule has 1 unspecified atom stereocenters. The van der Waals surface area contributed by atoms with Crippen molar-refractivity contribution < 1.29 is 9.53 Å². The summed E-state index contributed by atoms with van der Waals surface area (Å²) in [4.78, 5) is 11.9. The molecule has 116 valence electrons. The van der Waals surface area contributed by atoms with E-state index in [2.05, 4.69) is 17.6 Å². The third kappa shape index (κ3) is 4.97. The van der Waals surface area contributed by atoms with Gasteiger partial charge in [-0.25, -0.2) is 4.79 Å². The average Bonchev–Trinajstić information content (AvgIpc) is 2.51. The molecule has 0 aliphatic rings. The molecule has 0 saturated heterocycles. The van der Waals surface area contributed by atoms with Crippen LogP contribution in [0.2, 0.25) is 5.02 Å². The summed E-state index contributed by atoms with van der Waals surface area (Å²) in [5.74, 6) is 0.790. The van der Waals surface area contributed by atoms with E-state index in [0.717, 1.165) is 12.2 Å². The van der Waals surface area contributed by atoms with Crippen LogP contribution in [-0.4, -0.2) is 12.1 Å². The maximum Gasteiger partial charge on any atom is 0.323 e. The Morgan fingerprint density at radius 2 is 1.55 bits per heavy atom. The number of ether oxygens (including phenoxy) is 1. The number of nitrogens with one attached hydrogen (secondary N) is 2. The van der Waals surface area contributed by atoms with Gasteiger partial charge in [-0.1, -0.05) is 18.5 Å². The summed E-state index contributed by atoms with van der Waals surface area (Å²) in [7, 11) is 0. The van der Waals surface area contributed by atoms with Gasteiger partial charge in [0.05, 0.1) is 6.10 Å². The number of carbonyl (C=O) groups is 1. The Morgan fingerprint density at radius 1 is 1.05 bits per heavy atom. The van der Waals surface area contributed by atoms with Crippen LogP contribution in [0.4, 0.5) is 16.2 Å². The molecule has 2 N–H and O–H groups in total. The number of amides is 2. The third-order valence-electron chi connectivity index (χ3n) is 3.13. The van der Waals surface area contributed by atoms with Crippen molar-refractivity contribution in [3.05, 3.63) is 53.6 Å². The Kier molecular flexibility index (Phi) is 5.67. The zero-order chi connectivity index (χ0) is 15.9. The van der Waals surface area contributed by atoms with E-state index in [9.17, 15) is 4.79 Å². The first-order valence-corrected chi connectivity index (χ1v) is 7.55. The van der Waals surface area contributed by atoms with Crippen molar-refractivity contribution in [3.8, 4) is 5.75 Å². The summed E-state index contributed by atoms with van der Waals surface area (Å²) in [6.07, 6.45) is 1.12. The van der Waals surface area contributed by atoms with Crippen LogP contribution in [-0.2, 0) is 0 Å². The Hall–Kier alpha value is -2.20. The third-order valence-corrected chi connectivity index (χ3v) is 3.38. The molecule has 1 atom stereocenters. The molecule has 0 saturated carbocycles. The van der Waals surface area contributed by atoms with Crippen LogP contribution in [0.3, 0.4) is 0 Å². The molecule has 0 radical (unpaired) electrons. The van der Waals surface area contributed by atoms with E-state index in [4.69, 9.17) is 16.3 Å². The summed E-state index contributed by atoms with van der Waals surface area (Å²) in [6.45, 7) is 4.09. The number of hydrogen-bond donors (Lipinski definition) is 2. The first-order chi connectivity index (χ1) is 10.6. The lowest BCUT2D eigenvalue weighted by Gasteiger charge is -2.13. The minimum absolute atomic E-state index is 0.173. The van der Waals surface area contributed by atoms with Gasteiger partial charge in [-0.3, -0.25) is 0 Å². The highest BCUT2D eigenvalue weighted by molar-refractivity contribution is 6.30. The second kappa shape index (κ2) is 7.71. The van der Waals surface area contributed by atoms with Gasteiger partial charge in [-0.05, 0) is 61.9 Å². The Labute approximate surface area is 135 Å². The topological polar surface area (TPSA) is 50.4 Å². The van der Waals surface area contributed by atoms with E-state index in [1.165, 1.54) is 0 Å². The van der Waals surface area contributed by atoms with E-state index in [1.807, 2.05) is 19.1 Å². The number of carbonyl (C=O) groups excluding carboxylic acids is 1. The zero-order valence-corrected chi connectivity index (χ0v) is 13.4. The van der Waals surface area contributed by atoms with Crippen LogP contribution in [0.5, 0.6) is 5.75 Å². The first-order valence-electron chi connectivity index (χ1n) is 7.17. The molecular weight excluding hydrogens is 300 g/mol. The predicted molar refractivity (Wildman–Crippen MR) is 90.9 cm³/mol. The summed E-state index contributed by atoms with van der Waals surface area (Å²) in [5, 5.41) is 6.12. The number of urea groups is 1. The highest BCUT2D eigenvalue weighted by Gasteiger charge is 2.04. The largest absolute Gasteiger partial charge is 0.491 e. The van der Waals surface area contributed by atoms with Crippen LogP contribution in [0.1, 0.15) is 20.3 Å². The van der Waals surface area contributed by atoms with Crippen molar-refractivity contribution >= 4 is 29.0 Å². The van der Waals surface area contributed by atoms with Crippen molar-refractivity contribution in [1.29, 1.82) is 0 Å². The molecule has 2 amide bonds. The molecule has 2 aromatic rings. The van der Waals surface area contributed by atoms with E-state index in [1.54, 1.807) is 36.4 Å². The standard InChI is InChI=1S/C17H19ClN2O2/c1-3-12(2)22-16-10-8-15(9-11-16)20-17(21)19-14-6-4-13(18)5-7-14/h4-12H,3H2,1-2H3,(H2,19,20,21). The fourth-order valence-electron chi connectivity index (χ4n) is 1.76. The van der Waals surface area contributed by atoms with Crippen LogP contribution in [0.15, 0.2) is 48.5 Å². The maximum atomic E-state index is 11.9. The lowest BCUT2D eigenvalue weighted by atomic mass is 10.3. The summed E-state index contributed by atoms with van der Waals surface area (Å²) in [5.41, 5.74) is 1.38. The molecule has 2 aromatic carbocycles. The second-order valence-electron chi connectivity index (χ2n) is 4.95. The molecule has 0 bridgehead atoms. The molecule has 0 heterocycles. The Balaban J connectivity index is 1.90. The number of anilines is 2. The Morgan fingerprint density at radius 3 is 2.05 bits per heavy atom.